The predicted molar refractivity (Wildman–Crippen MR) is 120 cm³/mol. The topological polar surface area (TPSA) is 96.5 Å². The number of ether oxygens (including phenoxy) is 1. The van der Waals surface area contributed by atoms with Crippen LogP contribution in [-0.4, -0.2) is 36.9 Å². The number of rotatable bonds is 10. The van der Waals surface area contributed by atoms with E-state index in [4.69, 9.17) is 4.74 Å². The lowest BCUT2D eigenvalue weighted by Gasteiger charge is -2.24. The molecule has 7 nitrogen and oxygen atoms in total. The Morgan fingerprint density at radius 1 is 0.903 bits per heavy atom. The zero-order chi connectivity index (χ0) is 22.8. The summed E-state index contributed by atoms with van der Waals surface area (Å²) < 4.78 is 4.97. The van der Waals surface area contributed by atoms with Crippen molar-refractivity contribution in [1.82, 2.24) is 10.6 Å². The summed E-state index contributed by atoms with van der Waals surface area (Å²) >= 11 is 0. The second kappa shape index (κ2) is 11.9. The molecule has 2 aromatic carbocycles. The fourth-order valence-electron chi connectivity index (χ4n) is 3.19. The molecule has 0 aliphatic carbocycles. The Morgan fingerprint density at radius 2 is 1.55 bits per heavy atom. The summed E-state index contributed by atoms with van der Waals surface area (Å²) in [6.07, 6.45) is 0.372. The Balaban J connectivity index is 2.11. The molecule has 0 unspecified atom stereocenters. The average Bonchev–Trinajstić information content (AvgIpc) is 2.73. The van der Waals surface area contributed by atoms with Crippen molar-refractivity contribution in [2.24, 2.45) is 5.92 Å². The number of amides is 2. The molecular formula is C24H31N3O4. The molecule has 7 heteroatoms. The summed E-state index contributed by atoms with van der Waals surface area (Å²) in [6, 6.07) is 15.5. The van der Waals surface area contributed by atoms with Gasteiger partial charge in [0.25, 0.3) is 0 Å². The molecule has 0 aromatic heterocycles. The number of likely N-dealkylation sites (N-methyl/N-ethyl adjacent to an activating group) is 1. The standard InChI is InChI=1S/C24H31N3O4/c1-16(2)22(25-4)24(30)27-21(14-18-8-6-5-7-9-18)23(29)26-20-12-10-19(11-13-20)15-31-17(3)28/h5-13,16,21-22,25H,14-15H2,1-4H3,(H,26,29)(H,27,30)/t21-,22-/m0/s1. The quantitative estimate of drug-likeness (QED) is 0.509. The first-order chi connectivity index (χ1) is 14.8. The second-order valence-corrected chi connectivity index (χ2v) is 7.73. The molecule has 2 atom stereocenters. The molecule has 31 heavy (non-hydrogen) atoms. The van der Waals surface area contributed by atoms with Crippen LogP contribution in [0, 0.1) is 5.92 Å². The van der Waals surface area contributed by atoms with E-state index in [2.05, 4.69) is 16.0 Å². The minimum absolute atomic E-state index is 0.0789. The van der Waals surface area contributed by atoms with Crippen LogP contribution in [0.15, 0.2) is 54.6 Å². The highest BCUT2D eigenvalue weighted by Gasteiger charge is 2.26. The van der Waals surface area contributed by atoms with Crippen LogP contribution in [0.3, 0.4) is 0 Å². The third-order valence-corrected chi connectivity index (χ3v) is 4.84. The first kappa shape index (κ1) is 24.1. The van der Waals surface area contributed by atoms with Crippen LogP contribution in [0.1, 0.15) is 31.9 Å². The number of carbonyl (C=O) groups is 3. The molecule has 2 aromatic rings. The highest BCUT2D eigenvalue weighted by atomic mass is 16.5. The van der Waals surface area contributed by atoms with Crippen LogP contribution >= 0.6 is 0 Å². The van der Waals surface area contributed by atoms with Gasteiger partial charge >= 0.3 is 5.97 Å². The lowest BCUT2D eigenvalue weighted by Crippen LogP contribution is -2.53. The number of benzene rings is 2. The molecular weight excluding hydrogens is 394 g/mol. The van der Waals surface area contributed by atoms with E-state index in [1.807, 2.05) is 44.2 Å². The lowest BCUT2D eigenvalue weighted by atomic mass is 10.0. The van der Waals surface area contributed by atoms with E-state index in [9.17, 15) is 14.4 Å². The third kappa shape index (κ3) is 7.86. The highest BCUT2D eigenvalue weighted by molar-refractivity contribution is 5.98. The molecule has 0 saturated carbocycles. The number of anilines is 1. The van der Waals surface area contributed by atoms with Crippen molar-refractivity contribution in [1.29, 1.82) is 0 Å². The van der Waals surface area contributed by atoms with Crippen LogP contribution in [0.4, 0.5) is 5.69 Å². The molecule has 0 saturated heterocycles. The summed E-state index contributed by atoms with van der Waals surface area (Å²) in [5.74, 6) is -0.790. The number of hydrogen-bond donors (Lipinski definition) is 3. The summed E-state index contributed by atoms with van der Waals surface area (Å²) in [4.78, 5) is 36.7. The van der Waals surface area contributed by atoms with Crippen LogP contribution in [0.5, 0.6) is 0 Å². The second-order valence-electron chi connectivity index (χ2n) is 7.73. The maximum atomic E-state index is 13.0. The van der Waals surface area contributed by atoms with Crippen LogP contribution in [0.25, 0.3) is 0 Å². The zero-order valence-corrected chi connectivity index (χ0v) is 18.5. The first-order valence-electron chi connectivity index (χ1n) is 10.3. The van der Waals surface area contributed by atoms with E-state index in [1.54, 1.807) is 31.3 Å². The van der Waals surface area contributed by atoms with Crippen molar-refractivity contribution in [2.75, 3.05) is 12.4 Å². The SMILES string of the molecule is CN[C@H](C(=O)N[C@@H](Cc1ccccc1)C(=O)Nc1ccc(COC(C)=O)cc1)C(C)C. The van der Waals surface area contributed by atoms with Gasteiger partial charge in [-0.05, 0) is 36.2 Å². The molecule has 166 valence electrons. The maximum Gasteiger partial charge on any atom is 0.302 e. The molecule has 0 heterocycles. The van der Waals surface area contributed by atoms with E-state index in [-0.39, 0.29) is 30.3 Å². The molecule has 2 rings (SSSR count). The molecule has 0 aliphatic rings. The van der Waals surface area contributed by atoms with Crippen LogP contribution in [0.2, 0.25) is 0 Å². The molecule has 0 aliphatic heterocycles. The van der Waals surface area contributed by atoms with Crippen molar-refractivity contribution in [3.05, 3.63) is 65.7 Å². The fraction of sp³-hybridized carbons (Fsp3) is 0.375. The van der Waals surface area contributed by atoms with Crippen molar-refractivity contribution in [3.8, 4) is 0 Å². The van der Waals surface area contributed by atoms with Gasteiger partial charge in [-0.15, -0.1) is 0 Å². The number of nitrogens with one attached hydrogen (secondary N) is 3. The predicted octanol–water partition coefficient (Wildman–Crippen LogP) is 2.66. The molecule has 3 N–H and O–H groups in total. The van der Waals surface area contributed by atoms with Gasteiger partial charge in [-0.25, -0.2) is 0 Å². The Morgan fingerprint density at radius 3 is 2.10 bits per heavy atom. The fourth-order valence-corrected chi connectivity index (χ4v) is 3.19. The van der Waals surface area contributed by atoms with E-state index in [1.165, 1.54) is 6.92 Å². The minimum atomic E-state index is -0.731. The average molecular weight is 426 g/mol. The molecule has 0 radical (unpaired) electrons. The molecule has 2 amide bonds. The largest absolute Gasteiger partial charge is 0.461 e. The van der Waals surface area contributed by atoms with Gasteiger partial charge in [-0.1, -0.05) is 56.3 Å². The molecule has 0 fully saturated rings. The van der Waals surface area contributed by atoms with Crippen molar-refractivity contribution >= 4 is 23.5 Å². The monoisotopic (exact) mass is 425 g/mol. The van der Waals surface area contributed by atoms with Gasteiger partial charge < -0.3 is 20.7 Å². The Labute approximate surface area is 183 Å². The van der Waals surface area contributed by atoms with Gasteiger partial charge in [0.05, 0.1) is 6.04 Å². The normalized spacial score (nSPS) is 12.7. The van der Waals surface area contributed by atoms with Crippen molar-refractivity contribution < 1.29 is 19.1 Å². The zero-order valence-electron chi connectivity index (χ0n) is 18.5. The number of esters is 1. The van der Waals surface area contributed by atoms with Gasteiger partial charge in [0, 0.05) is 19.0 Å². The summed E-state index contributed by atoms with van der Waals surface area (Å²) in [6.45, 7) is 5.43. The minimum Gasteiger partial charge on any atom is -0.461 e. The first-order valence-corrected chi connectivity index (χ1v) is 10.3. The van der Waals surface area contributed by atoms with E-state index in [0.29, 0.717) is 12.1 Å². The summed E-state index contributed by atoms with van der Waals surface area (Å²) in [5.41, 5.74) is 2.36. The van der Waals surface area contributed by atoms with Crippen molar-refractivity contribution in [2.45, 2.75) is 45.9 Å². The number of hydrogen-bond acceptors (Lipinski definition) is 5. The van der Waals surface area contributed by atoms with Crippen LogP contribution in [-0.2, 0) is 32.1 Å². The summed E-state index contributed by atoms with van der Waals surface area (Å²) in [7, 11) is 1.73. The maximum absolute atomic E-state index is 13.0. The van der Waals surface area contributed by atoms with Gasteiger partial charge in [0.15, 0.2) is 0 Å². The Hall–Kier alpha value is -3.19. The van der Waals surface area contributed by atoms with Gasteiger partial charge in [-0.3, -0.25) is 14.4 Å². The van der Waals surface area contributed by atoms with Crippen LogP contribution < -0.4 is 16.0 Å². The van der Waals surface area contributed by atoms with E-state index in [0.717, 1.165) is 11.1 Å². The highest BCUT2D eigenvalue weighted by Crippen LogP contribution is 2.13. The summed E-state index contributed by atoms with van der Waals surface area (Å²) in [5, 5.41) is 8.76. The Bertz CT molecular complexity index is 866. The number of carbonyl (C=O) groups excluding carboxylic acids is 3. The Kier molecular flexibility index (Phi) is 9.21. The smallest absolute Gasteiger partial charge is 0.302 e. The molecule has 0 spiro atoms. The van der Waals surface area contributed by atoms with Gasteiger partial charge in [0.1, 0.15) is 12.6 Å². The third-order valence-electron chi connectivity index (χ3n) is 4.84. The van der Waals surface area contributed by atoms with Crippen molar-refractivity contribution in [3.63, 3.8) is 0 Å². The van der Waals surface area contributed by atoms with E-state index >= 15 is 0 Å². The van der Waals surface area contributed by atoms with Gasteiger partial charge in [0.2, 0.25) is 11.8 Å². The molecule has 0 bridgehead atoms. The lowest BCUT2D eigenvalue weighted by molar-refractivity contribution is -0.142. The van der Waals surface area contributed by atoms with Gasteiger partial charge in [-0.2, -0.15) is 0 Å². The van der Waals surface area contributed by atoms with E-state index < -0.39 is 12.1 Å².